The highest BCUT2D eigenvalue weighted by Gasteiger charge is 2.41. The number of anilines is 1. The molecule has 2 aliphatic rings. The first kappa shape index (κ1) is 22.5. The molecule has 2 fully saturated rings. The molecule has 9 nitrogen and oxygen atoms in total. The normalized spacial score (nSPS) is 20.2. The van der Waals surface area contributed by atoms with Gasteiger partial charge in [0.05, 0.1) is 0 Å². The van der Waals surface area contributed by atoms with Gasteiger partial charge in [-0.2, -0.15) is 4.31 Å². The number of sulfonamides is 1. The number of carbonyl (C=O) groups is 2. The standard InChI is InChI=1S/C22H28N4O5S/c1-14-5-6-18(13-15(14)2)26-8-7-19(22(26)28)21(27)24-9-11-25(12-10-24)32(29,30)20-16(3)23-31-17(20)4/h5-6,13,19H,7-12H2,1-4H3. The molecule has 0 N–H and O–H groups in total. The lowest BCUT2D eigenvalue weighted by Crippen LogP contribution is -2.52. The van der Waals surface area contributed by atoms with Crippen LogP contribution in [-0.2, 0) is 19.6 Å². The average Bonchev–Trinajstić information content (AvgIpc) is 3.31. The summed E-state index contributed by atoms with van der Waals surface area (Å²) in [5, 5.41) is 3.74. The van der Waals surface area contributed by atoms with Gasteiger partial charge in [-0.3, -0.25) is 9.59 Å². The van der Waals surface area contributed by atoms with Gasteiger partial charge in [-0.25, -0.2) is 8.42 Å². The molecule has 0 saturated carbocycles. The Hall–Kier alpha value is -2.72. The number of nitrogens with zero attached hydrogens (tertiary/aromatic N) is 4. The Morgan fingerprint density at radius 1 is 1.03 bits per heavy atom. The van der Waals surface area contributed by atoms with Gasteiger partial charge in [0.25, 0.3) is 0 Å². The summed E-state index contributed by atoms with van der Waals surface area (Å²) in [5.74, 6) is -0.883. The van der Waals surface area contributed by atoms with Crippen molar-refractivity contribution >= 4 is 27.5 Å². The van der Waals surface area contributed by atoms with E-state index in [0.717, 1.165) is 16.8 Å². The largest absolute Gasteiger partial charge is 0.360 e. The van der Waals surface area contributed by atoms with Gasteiger partial charge < -0.3 is 14.3 Å². The number of rotatable bonds is 4. The van der Waals surface area contributed by atoms with Crippen LogP contribution in [0.4, 0.5) is 5.69 Å². The summed E-state index contributed by atoms with van der Waals surface area (Å²) in [6.07, 6.45) is 0.460. The van der Waals surface area contributed by atoms with Gasteiger partial charge >= 0.3 is 0 Å². The summed E-state index contributed by atoms with van der Waals surface area (Å²) in [6.45, 7) is 8.50. The zero-order valence-corrected chi connectivity index (χ0v) is 19.6. The van der Waals surface area contributed by atoms with Crippen molar-refractivity contribution in [2.45, 2.75) is 39.0 Å². The van der Waals surface area contributed by atoms with Crippen molar-refractivity contribution in [1.82, 2.24) is 14.4 Å². The minimum atomic E-state index is -3.75. The minimum Gasteiger partial charge on any atom is -0.360 e. The molecule has 0 aliphatic carbocycles. The predicted octanol–water partition coefficient (Wildman–Crippen LogP) is 1.79. The van der Waals surface area contributed by atoms with E-state index in [9.17, 15) is 18.0 Å². The second kappa shape index (κ2) is 8.32. The fraction of sp³-hybridized carbons (Fsp3) is 0.500. The number of aryl methyl sites for hydroxylation is 4. The first-order valence-corrected chi connectivity index (χ1v) is 12.2. The molecule has 0 spiro atoms. The monoisotopic (exact) mass is 460 g/mol. The highest BCUT2D eigenvalue weighted by molar-refractivity contribution is 7.89. The summed E-state index contributed by atoms with van der Waals surface area (Å²) in [5.41, 5.74) is 3.38. The molecule has 2 saturated heterocycles. The van der Waals surface area contributed by atoms with E-state index < -0.39 is 15.9 Å². The fourth-order valence-electron chi connectivity index (χ4n) is 4.40. The Balaban J connectivity index is 1.41. The molecule has 32 heavy (non-hydrogen) atoms. The minimum absolute atomic E-state index is 0.0901. The molecule has 0 bridgehead atoms. The maximum Gasteiger partial charge on any atom is 0.248 e. The quantitative estimate of drug-likeness (QED) is 0.645. The van der Waals surface area contributed by atoms with Crippen molar-refractivity contribution in [3.05, 3.63) is 40.8 Å². The van der Waals surface area contributed by atoms with Gasteiger partial charge in [-0.05, 0) is 57.4 Å². The molecular formula is C22H28N4O5S. The Kier molecular flexibility index (Phi) is 5.85. The third-order valence-corrected chi connectivity index (χ3v) is 8.57. The number of hydrogen-bond acceptors (Lipinski definition) is 6. The molecule has 1 aromatic carbocycles. The van der Waals surface area contributed by atoms with Gasteiger partial charge in [0.15, 0.2) is 5.76 Å². The fourth-order valence-corrected chi connectivity index (χ4v) is 6.11. The topological polar surface area (TPSA) is 104 Å². The Labute approximate surface area is 188 Å². The molecule has 2 aliphatic heterocycles. The predicted molar refractivity (Wildman–Crippen MR) is 118 cm³/mol. The van der Waals surface area contributed by atoms with Crippen LogP contribution in [0.15, 0.2) is 27.6 Å². The maximum atomic E-state index is 13.1. The van der Waals surface area contributed by atoms with Crippen LogP contribution in [0.3, 0.4) is 0 Å². The molecule has 0 radical (unpaired) electrons. The summed E-state index contributed by atoms with van der Waals surface area (Å²) in [7, 11) is -3.75. The van der Waals surface area contributed by atoms with Crippen molar-refractivity contribution in [3.63, 3.8) is 0 Å². The number of amides is 2. The molecule has 2 amide bonds. The molecule has 1 atom stereocenters. The van der Waals surface area contributed by atoms with Crippen molar-refractivity contribution in [2.24, 2.45) is 5.92 Å². The molecule has 4 rings (SSSR count). The second-order valence-corrected chi connectivity index (χ2v) is 10.4. The molecule has 3 heterocycles. The van der Waals surface area contributed by atoms with Crippen molar-refractivity contribution < 1.29 is 22.5 Å². The lowest BCUT2D eigenvalue weighted by atomic mass is 10.1. The lowest BCUT2D eigenvalue weighted by molar-refractivity contribution is -0.140. The molecule has 2 aromatic rings. The van der Waals surface area contributed by atoms with E-state index in [-0.39, 0.29) is 48.6 Å². The van der Waals surface area contributed by atoms with Crippen LogP contribution in [-0.4, -0.2) is 67.3 Å². The second-order valence-electron chi connectivity index (χ2n) is 8.48. The van der Waals surface area contributed by atoms with Crippen LogP contribution in [0.5, 0.6) is 0 Å². The van der Waals surface area contributed by atoms with Crippen LogP contribution in [0.1, 0.15) is 29.0 Å². The molecule has 1 unspecified atom stereocenters. The lowest BCUT2D eigenvalue weighted by Gasteiger charge is -2.34. The molecule has 1 aromatic heterocycles. The SMILES string of the molecule is Cc1ccc(N2CCC(C(=O)N3CCN(S(=O)(=O)c4c(C)noc4C)CC3)C2=O)cc1C. The summed E-state index contributed by atoms with van der Waals surface area (Å²) >= 11 is 0. The van der Waals surface area contributed by atoms with Gasteiger partial charge in [0, 0.05) is 38.4 Å². The van der Waals surface area contributed by atoms with Crippen LogP contribution in [0.2, 0.25) is 0 Å². The zero-order chi connectivity index (χ0) is 23.2. The van der Waals surface area contributed by atoms with Crippen molar-refractivity contribution in [2.75, 3.05) is 37.6 Å². The number of benzene rings is 1. The number of piperazine rings is 1. The molecule has 172 valence electrons. The van der Waals surface area contributed by atoms with Gasteiger partial charge in [-0.1, -0.05) is 11.2 Å². The first-order valence-electron chi connectivity index (χ1n) is 10.7. The third-order valence-electron chi connectivity index (χ3n) is 6.42. The van der Waals surface area contributed by atoms with E-state index in [2.05, 4.69) is 5.16 Å². The van der Waals surface area contributed by atoms with Crippen LogP contribution in [0.25, 0.3) is 0 Å². The Morgan fingerprint density at radius 2 is 1.72 bits per heavy atom. The van der Waals surface area contributed by atoms with Crippen molar-refractivity contribution in [3.8, 4) is 0 Å². The summed E-state index contributed by atoms with van der Waals surface area (Å²) in [6, 6.07) is 5.86. The zero-order valence-electron chi connectivity index (χ0n) is 18.8. The van der Waals surface area contributed by atoms with E-state index in [1.165, 1.54) is 4.31 Å². The average molecular weight is 461 g/mol. The Bertz CT molecular complexity index is 1150. The van der Waals surface area contributed by atoms with E-state index in [1.807, 2.05) is 32.0 Å². The maximum absolute atomic E-state index is 13.1. The van der Waals surface area contributed by atoms with E-state index in [1.54, 1.807) is 23.6 Å². The van der Waals surface area contributed by atoms with Crippen LogP contribution in [0, 0.1) is 33.6 Å². The first-order chi connectivity index (χ1) is 15.1. The molecular weight excluding hydrogens is 432 g/mol. The smallest absolute Gasteiger partial charge is 0.248 e. The summed E-state index contributed by atoms with van der Waals surface area (Å²) in [4.78, 5) is 29.4. The third kappa shape index (κ3) is 3.81. The van der Waals surface area contributed by atoms with Crippen LogP contribution < -0.4 is 4.90 Å². The number of carbonyl (C=O) groups excluding carboxylic acids is 2. The van der Waals surface area contributed by atoms with Gasteiger partial charge in [0.2, 0.25) is 21.8 Å². The van der Waals surface area contributed by atoms with Crippen molar-refractivity contribution in [1.29, 1.82) is 0 Å². The van der Waals surface area contributed by atoms with Gasteiger partial charge in [-0.15, -0.1) is 0 Å². The van der Waals surface area contributed by atoms with E-state index in [4.69, 9.17) is 4.52 Å². The number of aromatic nitrogens is 1. The van der Waals surface area contributed by atoms with E-state index >= 15 is 0 Å². The Morgan fingerprint density at radius 3 is 2.31 bits per heavy atom. The number of hydrogen-bond donors (Lipinski definition) is 0. The highest BCUT2D eigenvalue weighted by Crippen LogP contribution is 2.29. The van der Waals surface area contributed by atoms with Gasteiger partial charge in [0.1, 0.15) is 16.5 Å². The summed E-state index contributed by atoms with van der Waals surface area (Å²) < 4.78 is 32.3. The molecule has 10 heteroatoms. The highest BCUT2D eigenvalue weighted by atomic mass is 32.2. The van der Waals surface area contributed by atoms with Crippen LogP contribution >= 0.6 is 0 Å². The van der Waals surface area contributed by atoms with E-state index in [0.29, 0.717) is 18.7 Å².